The summed E-state index contributed by atoms with van der Waals surface area (Å²) in [5, 5.41) is 21.6. The molecule has 326 valence electrons. The van der Waals surface area contributed by atoms with Crippen LogP contribution in [0.5, 0.6) is 0 Å². The van der Waals surface area contributed by atoms with Gasteiger partial charge in [-0.3, -0.25) is 0 Å². The van der Waals surface area contributed by atoms with Crippen LogP contribution in [0.4, 0.5) is 0 Å². The molecule has 2 fully saturated rings. The number of benzene rings is 2. The highest BCUT2D eigenvalue weighted by Crippen LogP contribution is 2.38. The molecule has 0 aliphatic carbocycles. The fourth-order valence-electron chi connectivity index (χ4n) is 8.53. The second-order valence-corrected chi connectivity index (χ2v) is 22.9. The molecule has 58 heavy (non-hydrogen) atoms. The molecule has 0 saturated carbocycles. The lowest BCUT2D eigenvalue weighted by Crippen LogP contribution is -2.66. The third-order valence-electron chi connectivity index (χ3n) is 12.4. The van der Waals surface area contributed by atoms with Crippen LogP contribution in [0, 0.1) is 17.8 Å². The lowest BCUT2D eigenvalue weighted by molar-refractivity contribution is 0.0291. The van der Waals surface area contributed by atoms with E-state index in [9.17, 15) is 5.11 Å². The van der Waals surface area contributed by atoms with Crippen LogP contribution in [0.25, 0.3) is 0 Å². The van der Waals surface area contributed by atoms with Gasteiger partial charge in [-0.25, -0.2) is 0 Å². The van der Waals surface area contributed by atoms with E-state index < -0.39 is 8.32 Å². The smallest absolute Gasteiger partial charge is 0.261 e. The summed E-state index contributed by atoms with van der Waals surface area (Å²) < 4.78 is 19.5. The lowest BCUT2D eigenvalue weighted by atomic mass is 9.88. The number of aliphatic hydroxyl groups excluding tert-OH is 2. The van der Waals surface area contributed by atoms with Gasteiger partial charge in [0.25, 0.3) is 8.32 Å². The summed E-state index contributed by atoms with van der Waals surface area (Å²) >= 11 is 0. The fraction of sp³-hybridized carbons (Fsp3) is 0.615. The standard InChI is InChI=1S/C34H50O2Si.C17H30O3.CH4/c1-26(2)28(4)24-27(3)21-22-33-29(5)25-30(36-33)16-15-23-35-37(34(6,7)8,31-17-11-9-12-18-31)32-19-13-10-14-20-32;1-12(2)13(3)10-15(19)7-8-17-14(4)11-16(20-17)6-5-9-18;/h9-14,17-20,27-28,30,33H,1,5,15-16,21-25H2,2-4,6-8H3;13,15-19H,1,4-11H2,2-3H3;1H4/t27-,28?,30+,33?;13?,15-,16+,17?;/m11./s1. The highest BCUT2D eigenvalue weighted by molar-refractivity contribution is 6.99. The lowest BCUT2D eigenvalue weighted by Gasteiger charge is -2.43. The monoisotopic (exact) mass is 817 g/mol. The molecule has 0 radical (unpaired) electrons. The Bertz CT molecular complexity index is 1470. The largest absolute Gasteiger partial charge is 0.407 e. The third-order valence-corrected chi connectivity index (χ3v) is 17.5. The molecule has 2 aliphatic heterocycles. The fourth-order valence-corrected chi connectivity index (χ4v) is 13.1. The Kier molecular flexibility index (Phi) is 22.4. The zero-order valence-electron chi connectivity index (χ0n) is 37.2. The number of allylic oxidation sites excluding steroid dienone is 2. The second-order valence-electron chi connectivity index (χ2n) is 18.6. The minimum atomic E-state index is -2.46. The molecule has 0 spiro atoms. The van der Waals surface area contributed by atoms with Crippen molar-refractivity contribution in [3.8, 4) is 0 Å². The summed E-state index contributed by atoms with van der Waals surface area (Å²) in [7, 11) is -2.46. The summed E-state index contributed by atoms with van der Waals surface area (Å²) in [6, 6.07) is 21.8. The molecule has 2 aliphatic rings. The van der Waals surface area contributed by atoms with Crippen molar-refractivity contribution in [3.63, 3.8) is 0 Å². The highest BCUT2D eigenvalue weighted by atomic mass is 28.4. The first-order chi connectivity index (χ1) is 27.0. The van der Waals surface area contributed by atoms with Crippen LogP contribution in [0.2, 0.25) is 5.04 Å². The quantitative estimate of drug-likeness (QED) is 0.0704. The summed E-state index contributed by atoms with van der Waals surface area (Å²) in [6.45, 7) is 35.4. The first-order valence-corrected chi connectivity index (χ1v) is 23.9. The van der Waals surface area contributed by atoms with Gasteiger partial charge in [0.05, 0.1) is 30.5 Å². The van der Waals surface area contributed by atoms with E-state index in [2.05, 4.69) is 135 Å². The van der Waals surface area contributed by atoms with Gasteiger partial charge >= 0.3 is 0 Å². The minimum Gasteiger partial charge on any atom is -0.407 e. The molecule has 4 unspecified atom stereocenters. The molecule has 2 aromatic carbocycles. The van der Waals surface area contributed by atoms with E-state index in [1.807, 2.05) is 6.92 Å². The minimum absolute atomic E-state index is 0. The SMILES string of the molecule is C.C=C(C)C(C)C[C@H](C)CCC1O[C@@H](CCCO[Si](c2ccccc2)(c2ccccc2)C(C)(C)C)CC1=C.C=C(C)C(C)C[C@H](O)CCC1O[C@@H](CCCO)CC1=C. The normalized spacial score (nSPS) is 21.7. The van der Waals surface area contributed by atoms with Crippen LogP contribution in [-0.4, -0.2) is 62.3 Å². The molecule has 2 aromatic rings. The van der Waals surface area contributed by atoms with Gasteiger partial charge in [0, 0.05) is 13.2 Å². The van der Waals surface area contributed by atoms with Gasteiger partial charge in [-0.1, -0.05) is 147 Å². The zero-order chi connectivity index (χ0) is 42.2. The number of rotatable bonds is 22. The predicted octanol–water partition coefficient (Wildman–Crippen LogP) is 11.9. The second kappa shape index (κ2) is 25.3. The van der Waals surface area contributed by atoms with Gasteiger partial charge in [-0.05, 0) is 135 Å². The van der Waals surface area contributed by atoms with E-state index >= 15 is 0 Å². The van der Waals surface area contributed by atoms with Crippen molar-refractivity contribution in [1.29, 1.82) is 0 Å². The van der Waals surface area contributed by atoms with Crippen LogP contribution in [0.15, 0.2) is 109 Å². The molecule has 5 nitrogen and oxygen atoms in total. The van der Waals surface area contributed by atoms with Crippen LogP contribution < -0.4 is 10.4 Å². The number of hydrogen-bond donors (Lipinski definition) is 2. The van der Waals surface area contributed by atoms with Gasteiger partial charge in [0.1, 0.15) is 0 Å². The molecule has 0 aromatic heterocycles. The maximum atomic E-state index is 10.1. The van der Waals surface area contributed by atoms with Crippen molar-refractivity contribution >= 4 is 18.7 Å². The van der Waals surface area contributed by atoms with E-state index in [-0.39, 0.29) is 49.6 Å². The van der Waals surface area contributed by atoms with Crippen molar-refractivity contribution in [2.75, 3.05) is 13.2 Å². The van der Waals surface area contributed by atoms with Crippen molar-refractivity contribution in [1.82, 2.24) is 0 Å². The van der Waals surface area contributed by atoms with E-state index in [4.69, 9.17) is 19.0 Å². The van der Waals surface area contributed by atoms with Gasteiger partial charge < -0.3 is 24.1 Å². The Hall–Kier alpha value is -2.58. The predicted molar refractivity (Wildman–Crippen MR) is 252 cm³/mol. The average molecular weight is 817 g/mol. The molecule has 6 heteroatoms. The zero-order valence-corrected chi connectivity index (χ0v) is 38.2. The molecule has 4 rings (SSSR count). The molecule has 2 heterocycles. The van der Waals surface area contributed by atoms with Gasteiger partial charge in [0.2, 0.25) is 0 Å². The Labute approximate surface area is 357 Å². The molecular weight excluding hydrogens is 733 g/mol. The third kappa shape index (κ3) is 15.8. The number of ether oxygens (including phenoxy) is 2. The van der Waals surface area contributed by atoms with Crippen molar-refractivity contribution in [3.05, 3.63) is 109 Å². The maximum Gasteiger partial charge on any atom is 0.261 e. The number of aliphatic hydroxyl groups is 2. The van der Waals surface area contributed by atoms with E-state index in [1.54, 1.807) is 0 Å². The van der Waals surface area contributed by atoms with Gasteiger partial charge in [-0.15, -0.1) is 0 Å². The summed E-state index contributed by atoms with van der Waals surface area (Å²) in [5.74, 6) is 1.63. The molecule has 8 atom stereocenters. The molecule has 0 bridgehead atoms. The summed E-state index contributed by atoms with van der Waals surface area (Å²) in [5.41, 5.74) is 4.81. The number of hydrogen-bond acceptors (Lipinski definition) is 5. The Morgan fingerprint density at radius 1 is 0.741 bits per heavy atom. The Morgan fingerprint density at radius 3 is 1.64 bits per heavy atom. The molecular formula is C52H84O5Si. The topological polar surface area (TPSA) is 68.2 Å². The van der Waals surface area contributed by atoms with Crippen LogP contribution in [-0.2, 0) is 13.9 Å². The van der Waals surface area contributed by atoms with Crippen molar-refractivity contribution < 1.29 is 24.1 Å². The van der Waals surface area contributed by atoms with E-state index in [0.29, 0.717) is 17.8 Å². The average Bonchev–Trinajstić information content (AvgIpc) is 3.72. The van der Waals surface area contributed by atoms with Gasteiger partial charge in [0.15, 0.2) is 0 Å². The molecule has 0 amide bonds. The van der Waals surface area contributed by atoms with Crippen molar-refractivity contribution in [2.24, 2.45) is 17.8 Å². The van der Waals surface area contributed by atoms with Crippen LogP contribution in [0.3, 0.4) is 0 Å². The van der Waals surface area contributed by atoms with Gasteiger partial charge in [-0.2, -0.15) is 0 Å². The van der Waals surface area contributed by atoms with E-state index in [1.165, 1.54) is 34.4 Å². The first kappa shape index (κ1) is 51.6. The molecule has 2 N–H and O–H groups in total. The summed E-state index contributed by atoms with van der Waals surface area (Å²) in [4.78, 5) is 0. The first-order valence-electron chi connectivity index (χ1n) is 22.0. The summed E-state index contributed by atoms with van der Waals surface area (Å²) in [6.07, 6.45) is 11.9. The van der Waals surface area contributed by atoms with Crippen molar-refractivity contribution in [2.45, 2.75) is 175 Å². The van der Waals surface area contributed by atoms with Crippen LogP contribution >= 0.6 is 0 Å². The Morgan fingerprint density at radius 2 is 1.19 bits per heavy atom. The van der Waals surface area contributed by atoms with E-state index in [0.717, 1.165) is 82.0 Å². The Balaban J connectivity index is 0.000000469. The highest BCUT2D eigenvalue weighted by Gasteiger charge is 2.50. The van der Waals surface area contributed by atoms with Crippen LogP contribution in [0.1, 0.15) is 140 Å². The maximum absolute atomic E-state index is 10.1. The molecule has 2 saturated heterocycles.